The monoisotopic (exact) mass is 1500 g/mol. The van der Waals surface area contributed by atoms with Gasteiger partial charge >= 0.3 is 45.6 Å². The van der Waals surface area contributed by atoms with Gasteiger partial charge in [0.15, 0.2) is 0 Å². The molecule has 558 valence electrons. The summed E-state index contributed by atoms with van der Waals surface area (Å²) in [6, 6.07) is 29.9. The number of rotatable bonds is 16. The van der Waals surface area contributed by atoms with Crippen LogP contribution in [0.2, 0.25) is 0 Å². The molecule has 6 aliphatic carbocycles. The highest BCUT2D eigenvalue weighted by Crippen LogP contribution is 2.27. The molecular formula is C63H101ClN6O23S5. The normalized spacial score (nSPS) is 21.6. The molecule has 98 heavy (non-hydrogen) atoms. The molecule has 8 unspecified atom stereocenters. The van der Waals surface area contributed by atoms with Gasteiger partial charge in [-0.05, 0) is 146 Å². The number of ether oxygens (including phenoxy) is 4. The van der Waals surface area contributed by atoms with Gasteiger partial charge in [-0.3, -0.25) is 12.5 Å². The van der Waals surface area contributed by atoms with Crippen LogP contribution in [-0.4, -0.2) is 154 Å². The fourth-order valence-electron chi connectivity index (χ4n) is 10.8. The topological polar surface area (TPSA) is 438 Å². The lowest BCUT2D eigenvalue weighted by Crippen LogP contribution is -2.38. The number of nitrogens with two attached hydrogens (primary N) is 2. The van der Waals surface area contributed by atoms with E-state index in [4.69, 9.17) is 68.2 Å². The second-order valence-electron chi connectivity index (χ2n) is 25.2. The predicted octanol–water partition coefficient (Wildman–Crippen LogP) is 8.32. The van der Waals surface area contributed by atoms with E-state index in [-0.39, 0.29) is 67.6 Å². The minimum atomic E-state index is -3.45. The van der Waals surface area contributed by atoms with Crippen molar-refractivity contribution in [2.75, 3.05) is 18.8 Å². The van der Waals surface area contributed by atoms with Crippen LogP contribution >= 0.6 is 12.4 Å². The fourth-order valence-corrected chi connectivity index (χ4v) is 12.8. The van der Waals surface area contributed by atoms with Crippen molar-refractivity contribution in [1.82, 2.24) is 21.3 Å². The second kappa shape index (κ2) is 47.9. The molecule has 0 saturated heterocycles. The summed E-state index contributed by atoms with van der Waals surface area (Å²) in [5.74, 6) is 0.717. The Balaban J connectivity index is 0.000000586. The number of hydrogen-bond acceptors (Lipinski definition) is 25. The van der Waals surface area contributed by atoms with Crippen LogP contribution < -0.4 is 32.7 Å². The summed E-state index contributed by atoms with van der Waals surface area (Å²) in [4.78, 5) is 46.2. The summed E-state index contributed by atoms with van der Waals surface area (Å²) >= 11 is 0. The molecule has 35 heteroatoms. The van der Waals surface area contributed by atoms with Crippen molar-refractivity contribution in [3.8, 4) is 0 Å². The number of nitrogens with one attached hydrogen (secondary N) is 4. The van der Waals surface area contributed by atoms with Gasteiger partial charge in [0.1, 0.15) is 25.4 Å². The van der Waals surface area contributed by atoms with Gasteiger partial charge in [-0.1, -0.05) is 124 Å². The van der Waals surface area contributed by atoms with E-state index < -0.39 is 69.4 Å². The summed E-state index contributed by atoms with van der Waals surface area (Å²) in [5.41, 5.74) is 13.5. The van der Waals surface area contributed by atoms with E-state index in [2.05, 4.69) is 28.2 Å². The first-order chi connectivity index (χ1) is 45.4. The lowest BCUT2D eigenvalue weighted by Gasteiger charge is -2.21. The molecular weight excluding hydrogens is 1400 g/mol. The maximum absolute atomic E-state index is 11.7. The van der Waals surface area contributed by atoms with E-state index in [9.17, 15) is 44.4 Å². The average molecular weight is 1510 g/mol. The lowest BCUT2D eigenvalue weighted by molar-refractivity contribution is 0.0502. The minimum absolute atomic E-state index is 0. The van der Waals surface area contributed by atoms with Crippen LogP contribution in [0.4, 0.5) is 19.2 Å². The lowest BCUT2D eigenvalue weighted by atomic mass is 10.1. The van der Waals surface area contributed by atoms with Gasteiger partial charge in [-0.2, -0.15) is 25.3 Å². The van der Waals surface area contributed by atoms with Crippen LogP contribution in [-0.2, 0) is 103 Å². The first-order valence-electron chi connectivity index (χ1n) is 32.0. The summed E-state index contributed by atoms with van der Waals surface area (Å²) in [7, 11) is -16.4. The van der Waals surface area contributed by atoms with Crippen molar-refractivity contribution < 1.29 is 101 Å². The molecule has 9 rings (SSSR count). The maximum Gasteiger partial charge on any atom is 0.425 e. The Hall–Kier alpha value is -6.08. The quantitative estimate of drug-likeness (QED) is 0.0579. The zero-order valence-corrected chi connectivity index (χ0v) is 61.6. The van der Waals surface area contributed by atoms with Crippen molar-refractivity contribution >= 4 is 88.4 Å². The van der Waals surface area contributed by atoms with Crippen LogP contribution in [0.15, 0.2) is 91.0 Å². The number of hydrogen-bond donors (Lipinski definition) is 6. The molecule has 3 aromatic rings. The van der Waals surface area contributed by atoms with Gasteiger partial charge in [0.25, 0.3) is 30.4 Å². The molecule has 6 saturated carbocycles. The van der Waals surface area contributed by atoms with Crippen molar-refractivity contribution in [2.45, 2.75) is 236 Å². The van der Waals surface area contributed by atoms with Gasteiger partial charge < -0.3 is 51.7 Å². The van der Waals surface area contributed by atoms with Gasteiger partial charge in [-0.15, -0.1) is 37.7 Å². The number of benzene rings is 3. The summed E-state index contributed by atoms with van der Waals surface area (Å²) in [6.07, 6.45) is 19.7. The Morgan fingerprint density at radius 3 is 1.00 bits per heavy atom. The summed E-state index contributed by atoms with van der Waals surface area (Å²) in [5, 5.41) is 11.3. The van der Waals surface area contributed by atoms with Crippen molar-refractivity contribution in [1.29, 1.82) is 0 Å². The molecule has 8 atom stereocenters. The van der Waals surface area contributed by atoms with Crippen LogP contribution in [0.1, 0.15) is 173 Å². The van der Waals surface area contributed by atoms with Gasteiger partial charge in [0.2, 0.25) is 0 Å². The Kier molecular flexibility index (Phi) is 43.9. The molecule has 0 aromatic heterocycles. The zero-order valence-electron chi connectivity index (χ0n) is 56.7. The standard InChI is InChI=1S/C14H19NO5S.C14H19NO2.C13H17NO2.C11H21NO5S.C6H13NO3S.C5H11N.ClH.2O3S/c1-21(17,18)20-13-8-7-12(9-13)15-14(16)19-10-11-5-3-2-4-6-11;1-11-7-8-13(9-11)15-14(16)17-10-12-5-3-2-4-6-12;15-13(14-12-8-4-5-9-12)16-10-11-6-2-1-3-7-11;1-11(2,3)16-10(13)12-8-5-6-9(7-8)17-18(4,14)15;1-11(8,9)10-6-3-2-5(7)4-6;6-5-3-1-2-4-5;;2*1-4(2)3/h2-6,12-13H,7-10H2,1H3,(H,15,16);2-6,11,13H,7-10H2,1H3,(H,15,16);1-3,6-7,12H,4-5,8-10H2,(H,14,15);8-9H,5-7H2,1-4H3,(H,12,13);5-6H,2-4,7H2,1H3;5H,1-4,6H2;1H;;. The molecule has 6 aliphatic rings. The highest BCUT2D eigenvalue weighted by molar-refractivity contribution is 7.86. The van der Waals surface area contributed by atoms with Gasteiger partial charge in [0.05, 0.1) is 37.1 Å². The van der Waals surface area contributed by atoms with Crippen molar-refractivity contribution in [3.05, 3.63) is 108 Å². The van der Waals surface area contributed by atoms with Crippen molar-refractivity contribution in [3.63, 3.8) is 0 Å². The van der Waals surface area contributed by atoms with Crippen LogP contribution in [0.25, 0.3) is 0 Å². The van der Waals surface area contributed by atoms with E-state index in [1.807, 2.05) is 91.0 Å². The second-order valence-corrected chi connectivity index (χ2v) is 30.8. The smallest absolute Gasteiger partial charge is 0.425 e. The Bertz CT molecular complexity index is 3330. The first kappa shape index (κ1) is 89.9. The molecule has 0 bridgehead atoms. The van der Waals surface area contributed by atoms with Crippen LogP contribution in [0.3, 0.4) is 0 Å². The molecule has 0 spiro atoms. The Labute approximate surface area is 587 Å². The third-order valence-corrected chi connectivity index (χ3v) is 16.8. The molecule has 29 nitrogen and oxygen atoms in total. The van der Waals surface area contributed by atoms with E-state index >= 15 is 0 Å². The van der Waals surface area contributed by atoms with Crippen LogP contribution in [0.5, 0.6) is 0 Å². The average Bonchev–Trinajstić information content (AvgIpc) is 1.86. The predicted molar refractivity (Wildman–Crippen MR) is 367 cm³/mol. The van der Waals surface area contributed by atoms with Crippen molar-refractivity contribution in [2.24, 2.45) is 17.4 Å². The zero-order chi connectivity index (χ0) is 72.6. The van der Waals surface area contributed by atoms with E-state index in [1.54, 1.807) is 20.8 Å². The molecule has 8 N–H and O–H groups in total. The number of halogens is 1. The number of alkyl carbamates (subject to hydrolysis) is 4. The van der Waals surface area contributed by atoms with E-state index in [0.29, 0.717) is 76.3 Å². The summed E-state index contributed by atoms with van der Waals surface area (Å²) < 4.78 is 151. The first-order valence-corrected chi connectivity index (χ1v) is 39.4. The fraction of sp³-hybridized carbons (Fsp3) is 0.651. The number of carbonyl (C=O) groups excluding carboxylic acids is 4. The molecule has 0 heterocycles. The Morgan fingerprint density at radius 2 is 0.714 bits per heavy atom. The molecule has 0 aliphatic heterocycles. The van der Waals surface area contributed by atoms with E-state index in [1.165, 1.54) is 44.9 Å². The molecule has 6 fully saturated rings. The Morgan fingerprint density at radius 1 is 0.418 bits per heavy atom. The molecule has 0 radical (unpaired) electrons. The SMILES string of the molecule is CC(C)(C)OC(=O)NC1CCC(OS(C)(=O)=O)C1.CC1CCC(NC(=O)OCc2ccccc2)C1.CS(=O)(=O)OC1CCC(N)C1.CS(=O)(=O)OC1CCC(NC(=O)OCc2ccccc2)C1.Cl.NC1CCCC1.O=C(NC1CCCC1)OCc1ccccc1.O=S(=O)=O.O=S(=O)=O. The molecule has 4 amide bonds. The van der Waals surface area contributed by atoms with Gasteiger partial charge in [0, 0.05) is 36.3 Å². The third-order valence-electron chi connectivity index (χ3n) is 14.9. The third kappa shape index (κ3) is 50.3. The highest BCUT2D eigenvalue weighted by atomic mass is 35.5. The van der Waals surface area contributed by atoms with E-state index in [0.717, 1.165) is 79.9 Å². The highest BCUT2D eigenvalue weighted by Gasteiger charge is 2.32. The molecule has 3 aromatic carbocycles. The number of amides is 4. The largest absolute Gasteiger partial charge is 0.445 e. The number of carbonyl (C=O) groups is 4. The minimum Gasteiger partial charge on any atom is -0.445 e. The van der Waals surface area contributed by atoms with Gasteiger partial charge in [-0.25, -0.2) is 19.2 Å². The maximum atomic E-state index is 11.7. The van der Waals surface area contributed by atoms with Crippen LogP contribution in [0, 0.1) is 5.92 Å². The summed E-state index contributed by atoms with van der Waals surface area (Å²) in [6.45, 7) is 8.48.